The average Bonchev–Trinajstić information content (AvgIpc) is 3.08. The molecule has 0 unspecified atom stereocenters. The number of guanidine groups is 1. The molecule has 2 rings (SSSR count). The molecule has 0 aliphatic rings. The van der Waals surface area contributed by atoms with Gasteiger partial charge in [-0.05, 0) is 24.8 Å². The molecular weight excluding hydrogens is 318 g/mol. The van der Waals surface area contributed by atoms with E-state index in [0.29, 0.717) is 12.5 Å². The van der Waals surface area contributed by atoms with Gasteiger partial charge in [-0.3, -0.25) is 9.79 Å². The summed E-state index contributed by atoms with van der Waals surface area (Å²) < 4.78 is 7.02. The van der Waals surface area contributed by atoms with E-state index in [4.69, 9.17) is 4.52 Å². The molecule has 0 radical (unpaired) electrons. The van der Waals surface area contributed by atoms with E-state index in [-0.39, 0.29) is 5.56 Å². The van der Waals surface area contributed by atoms with Crippen LogP contribution in [0.2, 0.25) is 0 Å². The van der Waals surface area contributed by atoms with Crippen LogP contribution in [0.15, 0.2) is 44.8 Å². The van der Waals surface area contributed by atoms with Crippen molar-refractivity contribution in [2.24, 2.45) is 4.99 Å². The summed E-state index contributed by atoms with van der Waals surface area (Å²) in [6.45, 7) is 6.22. The molecule has 136 valence electrons. The predicted octanol–water partition coefficient (Wildman–Crippen LogP) is 2.11. The van der Waals surface area contributed by atoms with Crippen molar-refractivity contribution in [2.75, 3.05) is 13.6 Å². The van der Waals surface area contributed by atoms with Crippen LogP contribution in [-0.4, -0.2) is 29.3 Å². The number of nitrogens with zero attached hydrogens (tertiary/aromatic N) is 3. The van der Waals surface area contributed by atoms with Gasteiger partial charge in [-0.15, -0.1) is 0 Å². The van der Waals surface area contributed by atoms with Crippen LogP contribution in [0.1, 0.15) is 44.1 Å². The normalized spacial score (nSPS) is 11.8. The highest BCUT2D eigenvalue weighted by molar-refractivity contribution is 5.79. The summed E-state index contributed by atoms with van der Waals surface area (Å²) in [4.78, 5) is 15.8. The minimum absolute atomic E-state index is 0.0424. The van der Waals surface area contributed by atoms with Crippen LogP contribution in [0.25, 0.3) is 0 Å². The molecule has 7 nitrogen and oxygen atoms in total. The highest BCUT2D eigenvalue weighted by atomic mass is 16.5. The second-order valence-corrected chi connectivity index (χ2v) is 6.16. The second-order valence-electron chi connectivity index (χ2n) is 6.16. The zero-order valence-electron chi connectivity index (χ0n) is 15.2. The zero-order valence-corrected chi connectivity index (χ0v) is 15.2. The number of hydrogen-bond donors (Lipinski definition) is 2. The molecule has 25 heavy (non-hydrogen) atoms. The summed E-state index contributed by atoms with van der Waals surface area (Å²) in [6, 6.07) is 7.18. The highest BCUT2D eigenvalue weighted by Gasteiger charge is 2.08. The largest absolute Gasteiger partial charge is 0.359 e. The lowest BCUT2D eigenvalue weighted by Gasteiger charge is -2.11. The molecule has 2 heterocycles. The summed E-state index contributed by atoms with van der Waals surface area (Å²) in [7, 11) is 1.73. The van der Waals surface area contributed by atoms with Crippen LogP contribution >= 0.6 is 0 Å². The molecular formula is C18H27N5O2. The van der Waals surface area contributed by atoms with Gasteiger partial charge in [-0.25, -0.2) is 0 Å². The first-order chi connectivity index (χ1) is 12.1. The first kappa shape index (κ1) is 18.8. The molecule has 0 saturated carbocycles. The van der Waals surface area contributed by atoms with Gasteiger partial charge in [-0.1, -0.05) is 25.1 Å². The summed E-state index contributed by atoms with van der Waals surface area (Å²) in [5.74, 6) is 1.86. The van der Waals surface area contributed by atoms with E-state index >= 15 is 0 Å². The third-order valence-electron chi connectivity index (χ3n) is 3.84. The summed E-state index contributed by atoms with van der Waals surface area (Å²) in [6.07, 6.45) is 3.69. The van der Waals surface area contributed by atoms with E-state index in [2.05, 4.69) is 34.6 Å². The summed E-state index contributed by atoms with van der Waals surface area (Å²) in [5.41, 5.74) is 0.997. The number of rotatable bonds is 8. The monoisotopic (exact) mass is 345 g/mol. The molecule has 0 saturated heterocycles. The second kappa shape index (κ2) is 9.66. The Morgan fingerprint density at radius 3 is 2.84 bits per heavy atom. The topological polar surface area (TPSA) is 84.5 Å². The average molecular weight is 345 g/mol. The number of pyridine rings is 1. The number of nitrogens with one attached hydrogen (secondary N) is 2. The van der Waals surface area contributed by atoms with Crippen molar-refractivity contribution in [3.05, 3.63) is 52.3 Å². The Morgan fingerprint density at radius 1 is 1.32 bits per heavy atom. The lowest BCUT2D eigenvalue weighted by molar-refractivity contribution is 0.372. The molecule has 2 aromatic rings. The van der Waals surface area contributed by atoms with Crippen molar-refractivity contribution in [2.45, 2.75) is 45.7 Å². The Labute approximate surface area is 148 Å². The van der Waals surface area contributed by atoms with Gasteiger partial charge in [0, 0.05) is 38.5 Å². The minimum atomic E-state index is 0.0424. The number of aryl methyl sites for hydroxylation is 1. The number of hydrogen-bond acceptors (Lipinski definition) is 4. The van der Waals surface area contributed by atoms with Crippen LogP contribution in [0.5, 0.6) is 0 Å². The predicted molar refractivity (Wildman–Crippen MR) is 98.7 cm³/mol. The van der Waals surface area contributed by atoms with Crippen LogP contribution in [0.4, 0.5) is 0 Å². The van der Waals surface area contributed by atoms with Gasteiger partial charge in [0.15, 0.2) is 11.7 Å². The Hall–Kier alpha value is -2.57. The van der Waals surface area contributed by atoms with E-state index < -0.39 is 0 Å². The summed E-state index contributed by atoms with van der Waals surface area (Å²) in [5, 5.41) is 10.5. The van der Waals surface area contributed by atoms with Gasteiger partial charge in [-0.2, -0.15) is 0 Å². The van der Waals surface area contributed by atoms with Crippen molar-refractivity contribution in [1.82, 2.24) is 20.4 Å². The van der Waals surface area contributed by atoms with E-state index in [1.807, 2.05) is 18.3 Å². The molecule has 0 aliphatic carbocycles. The standard InChI is InChI=1S/C18H27N5O2/c1-14(2)16-12-15(25-22-16)13-21-18(19-3)20-9-5-7-11-23-10-6-4-8-17(23)24/h4,6,8,10,12,14H,5,7,9,11,13H2,1-3H3,(H2,19,20,21). The number of aliphatic imine (C=N–C) groups is 1. The Balaban J connectivity index is 1.66. The Bertz CT molecular complexity index is 733. The Morgan fingerprint density at radius 2 is 2.16 bits per heavy atom. The molecule has 2 N–H and O–H groups in total. The lowest BCUT2D eigenvalue weighted by Crippen LogP contribution is -2.37. The molecule has 0 atom stereocenters. The molecule has 0 aromatic carbocycles. The molecule has 0 spiro atoms. The molecule has 0 amide bonds. The van der Waals surface area contributed by atoms with Crippen molar-refractivity contribution < 1.29 is 4.52 Å². The van der Waals surface area contributed by atoms with Gasteiger partial charge in [0.2, 0.25) is 5.56 Å². The van der Waals surface area contributed by atoms with Crippen LogP contribution < -0.4 is 16.2 Å². The van der Waals surface area contributed by atoms with Crippen LogP contribution in [-0.2, 0) is 13.1 Å². The van der Waals surface area contributed by atoms with Crippen molar-refractivity contribution in [3.63, 3.8) is 0 Å². The smallest absolute Gasteiger partial charge is 0.250 e. The fourth-order valence-electron chi connectivity index (χ4n) is 2.34. The lowest BCUT2D eigenvalue weighted by atomic mass is 10.1. The number of unbranched alkanes of at least 4 members (excludes halogenated alkanes) is 1. The summed E-state index contributed by atoms with van der Waals surface area (Å²) >= 11 is 0. The van der Waals surface area contributed by atoms with Gasteiger partial charge >= 0.3 is 0 Å². The first-order valence-electron chi connectivity index (χ1n) is 8.65. The van der Waals surface area contributed by atoms with E-state index in [1.165, 1.54) is 0 Å². The third-order valence-corrected chi connectivity index (χ3v) is 3.84. The maximum atomic E-state index is 11.6. The van der Waals surface area contributed by atoms with E-state index in [9.17, 15) is 4.79 Å². The molecule has 2 aromatic heterocycles. The fourth-order valence-corrected chi connectivity index (χ4v) is 2.34. The molecule has 0 bridgehead atoms. The molecule has 0 aliphatic heterocycles. The maximum absolute atomic E-state index is 11.6. The SMILES string of the molecule is CN=C(NCCCCn1ccccc1=O)NCc1cc(C(C)C)no1. The quantitative estimate of drug-likeness (QED) is 0.435. The first-order valence-corrected chi connectivity index (χ1v) is 8.65. The Kier molecular flexibility index (Phi) is 7.25. The van der Waals surface area contributed by atoms with Crippen molar-refractivity contribution in [1.29, 1.82) is 0 Å². The van der Waals surface area contributed by atoms with Gasteiger partial charge in [0.25, 0.3) is 0 Å². The molecule has 0 fully saturated rings. The fraction of sp³-hybridized carbons (Fsp3) is 0.500. The highest BCUT2D eigenvalue weighted by Crippen LogP contribution is 2.13. The third kappa shape index (κ3) is 6.10. The van der Waals surface area contributed by atoms with E-state index in [0.717, 1.165) is 43.3 Å². The number of aromatic nitrogens is 2. The van der Waals surface area contributed by atoms with Crippen LogP contribution in [0.3, 0.4) is 0 Å². The molecule has 7 heteroatoms. The zero-order chi connectivity index (χ0) is 18.1. The van der Waals surface area contributed by atoms with Gasteiger partial charge < -0.3 is 19.7 Å². The van der Waals surface area contributed by atoms with Crippen LogP contribution in [0, 0.1) is 0 Å². The minimum Gasteiger partial charge on any atom is -0.359 e. The van der Waals surface area contributed by atoms with Gasteiger partial charge in [0.05, 0.1) is 12.2 Å². The van der Waals surface area contributed by atoms with Gasteiger partial charge in [0.1, 0.15) is 0 Å². The van der Waals surface area contributed by atoms with E-state index in [1.54, 1.807) is 23.7 Å². The van der Waals surface area contributed by atoms with Crippen molar-refractivity contribution >= 4 is 5.96 Å². The van der Waals surface area contributed by atoms with Crippen molar-refractivity contribution in [3.8, 4) is 0 Å². The maximum Gasteiger partial charge on any atom is 0.250 e.